The van der Waals surface area contributed by atoms with Crippen LogP contribution in [0.25, 0.3) is 0 Å². The molecule has 0 heterocycles. The summed E-state index contributed by atoms with van der Waals surface area (Å²) in [4.78, 5) is 0. The van der Waals surface area contributed by atoms with Gasteiger partial charge in [0.25, 0.3) is 0 Å². The highest BCUT2D eigenvalue weighted by Gasteiger charge is 2.21. The molecule has 0 aliphatic rings. The predicted octanol–water partition coefficient (Wildman–Crippen LogP) is 3.42. The van der Waals surface area contributed by atoms with E-state index in [4.69, 9.17) is 17.4 Å². The third-order valence-corrected chi connectivity index (χ3v) is 2.70. The number of hydrogen-bond donors (Lipinski definition) is 2. The third kappa shape index (κ3) is 3.74. The van der Waals surface area contributed by atoms with Crippen molar-refractivity contribution in [3.8, 4) is 0 Å². The largest absolute Gasteiger partial charge is 0.271 e. The third-order valence-electron chi connectivity index (χ3n) is 2.35. The maximum Gasteiger partial charge on any atom is 0.123 e. The van der Waals surface area contributed by atoms with Gasteiger partial charge < -0.3 is 0 Å². The van der Waals surface area contributed by atoms with Crippen LogP contribution in [0.2, 0.25) is 5.02 Å². The molecule has 0 amide bonds. The van der Waals surface area contributed by atoms with Crippen molar-refractivity contribution in [2.45, 2.75) is 33.2 Å². The number of nitrogens with one attached hydrogen (secondary N) is 1. The van der Waals surface area contributed by atoms with Crippen LogP contribution in [0.1, 0.15) is 38.8 Å². The average Bonchev–Trinajstić information content (AvgIpc) is 2.17. The van der Waals surface area contributed by atoms with Crippen molar-refractivity contribution < 1.29 is 4.39 Å². The second-order valence-electron chi connectivity index (χ2n) is 5.15. The molecule has 0 radical (unpaired) electrons. The number of rotatable bonds is 3. The van der Waals surface area contributed by atoms with Gasteiger partial charge in [-0.25, -0.2) is 4.39 Å². The second kappa shape index (κ2) is 5.13. The Balaban J connectivity index is 2.99. The normalized spacial score (nSPS) is 13.9. The van der Waals surface area contributed by atoms with Crippen LogP contribution in [0, 0.1) is 11.2 Å². The number of halogens is 2. The Kier molecular flexibility index (Phi) is 4.30. The number of benzene rings is 1. The number of nitrogens with two attached hydrogens (primary N) is 1. The molecule has 0 aromatic heterocycles. The van der Waals surface area contributed by atoms with E-state index in [9.17, 15) is 4.39 Å². The highest BCUT2D eigenvalue weighted by molar-refractivity contribution is 6.31. The molecule has 0 aliphatic carbocycles. The quantitative estimate of drug-likeness (QED) is 0.632. The van der Waals surface area contributed by atoms with Crippen LogP contribution in [0.15, 0.2) is 18.2 Å². The van der Waals surface area contributed by atoms with Crippen LogP contribution >= 0.6 is 11.6 Å². The van der Waals surface area contributed by atoms with E-state index in [1.165, 1.54) is 12.1 Å². The zero-order valence-corrected chi connectivity index (χ0v) is 10.6. The first kappa shape index (κ1) is 13.4. The van der Waals surface area contributed by atoms with Crippen LogP contribution in [-0.2, 0) is 0 Å². The van der Waals surface area contributed by atoms with Gasteiger partial charge in [0.1, 0.15) is 5.82 Å². The molecule has 4 heteroatoms. The highest BCUT2D eigenvalue weighted by atomic mass is 35.5. The molecule has 0 spiro atoms. The minimum atomic E-state index is -0.298. The van der Waals surface area contributed by atoms with E-state index >= 15 is 0 Å². The predicted molar refractivity (Wildman–Crippen MR) is 65.5 cm³/mol. The first-order chi connectivity index (χ1) is 7.33. The van der Waals surface area contributed by atoms with Crippen LogP contribution in [0.3, 0.4) is 0 Å². The Morgan fingerprint density at radius 1 is 1.44 bits per heavy atom. The molecule has 1 rings (SSSR count). The van der Waals surface area contributed by atoms with Crippen LogP contribution in [-0.4, -0.2) is 0 Å². The van der Waals surface area contributed by atoms with Gasteiger partial charge in [0.2, 0.25) is 0 Å². The Bertz CT molecular complexity index is 361. The lowest BCUT2D eigenvalue weighted by Crippen LogP contribution is -2.31. The van der Waals surface area contributed by atoms with Gasteiger partial charge in [-0.2, -0.15) is 0 Å². The van der Waals surface area contributed by atoms with E-state index in [-0.39, 0.29) is 17.3 Å². The topological polar surface area (TPSA) is 38.0 Å². The van der Waals surface area contributed by atoms with Gasteiger partial charge in [-0.3, -0.25) is 11.3 Å². The molecule has 0 bridgehead atoms. The maximum absolute atomic E-state index is 13.1. The fourth-order valence-corrected chi connectivity index (χ4v) is 1.90. The molecule has 0 saturated carbocycles. The molecule has 1 unspecified atom stereocenters. The van der Waals surface area contributed by atoms with Crippen molar-refractivity contribution in [2.24, 2.45) is 11.3 Å². The summed E-state index contributed by atoms with van der Waals surface area (Å²) in [5.41, 5.74) is 3.49. The molecule has 0 fully saturated rings. The SMILES string of the molecule is CC(C)(C)CC(NN)c1cc(F)ccc1Cl. The molecule has 1 atom stereocenters. The Morgan fingerprint density at radius 2 is 2.06 bits per heavy atom. The molecule has 3 N–H and O–H groups in total. The van der Waals surface area contributed by atoms with E-state index in [2.05, 4.69) is 26.2 Å². The van der Waals surface area contributed by atoms with E-state index in [0.29, 0.717) is 10.6 Å². The summed E-state index contributed by atoms with van der Waals surface area (Å²) in [5.74, 6) is 5.20. The average molecular weight is 245 g/mol. The van der Waals surface area contributed by atoms with Gasteiger partial charge >= 0.3 is 0 Å². The zero-order chi connectivity index (χ0) is 12.3. The van der Waals surface area contributed by atoms with Crippen molar-refractivity contribution in [1.29, 1.82) is 0 Å². The Hall–Kier alpha value is -0.640. The highest BCUT2D eigenvalue weighted by Crippen LogP contribution is 2.32. The fourth-order valence-electron chi connectivity index (χ4n) is 1.65. The summed E-state index contributed by atoms with van der Waals surface area (Å²) in [5, 5.41) is 0.536. The van der Waals surface area contributed by atoms with E-state index < -0.39 is 0 Å². The Morgan fingerprint density at radius 3 is 2.56 bits per heavy atom. The lowest BCUT2D eigenvalue weighted by molar-refractivity contribution is 0.313. The summed E-state index contributed by atoms with van der Waals surface area (Å²) < 4.78 is 13.1. The standard InChI is InChI=1S/C12H18ClFN2/c1-12(2,3)7-11(16-15)9-6-8(14)4-5-10(9)13/h4-6,11,16H,7,15H2,1-3H3. The minimum Gasteiger partial charge on any atom is -0.271 e. The molecule has 0 aliphatic heterocycles. The first-order valence-corrected chi connectivity index (χ1v) is 5.62. The molecule has 2 nitrogen and oxygen atoms in total. The van der Waals surface area contributed by atoms with Gasteiger partial charge in [-0.1, -0.05) is 32.4 Å². The van der Waals surface area contributed by atoms with Crippen LogP contribution in [0.4, 0.5) is 4.39 Å². The zero-order valence-electron chi connectivity index (χ0n) is 9.85. The molecule has 1 aromatic rings. The van der Waals surface area contributed by atoms with Crippen molar-refractivity contribution >= 4 is 11.6 Å². The van der Waals surface area contributed by atoms with Gasteiger partial charge in [0, 0.05) is 11.1 Å². The molecule has 1 aromatic carbocycles. The molecular formula is C12H18ClFN2. The van der Waals surface area contributed by atoms with Crippen molar-refractivity contribution in [3.63, 3.8) is 0 Å². The molecule has 16 heavy (non-hydrogen) atoms. The summed E-state index contributed by atoms with van der Waals surface area (Å²) in [6, 6.07) is 4.19. The summed E-state index contributed by atoms with van der Waals surface area (Å²) in [7, 11) is 0. The summed E-state index contributed by atoms with van der Waals surface area (Å²) in [6.45, 7) is 6.31. The molecule has 90 valence electrons. The first-order valence-electron chi connectivity index (χ1n) is 5.24. The van der Waals surface area contributed by atoms with Crippen LogP contribution in [0.5, 0.6) is 0 Å². The summed E-state index contributed by atoms with van der Waals surface area (Å²) in [6.07, 6.45) is 0.784. The maximum atomic E-state index is 13.1. The van der Waals surface area contributed by atoms with Crippen molar-refractivity contribution in [2.75, 3.05) is 0 Å². The smallest absolute Gasteiger partial charge is 0.123 e. The number of hydrazine groups is 1. The van der Waals surface area contributed by atoms with Crippen molar-refractivity contribution in [3.05, 3.63) is 34.6 Å². The van der Waals surface area contributed by atoms with Gasteiger partial charge in [-0.15, -0.1) is 0 Å². The van der Waals surface area contributed by atoms with Crippen LogP contribution < -0.4 is 11.3 Å². The minimum absolute atomic E-state index is 0.0900. The summed E-state index contributed by atoms with van der Waals surface area (Å²) >= 11 is 6.04. The van der Waals surface area contributed by atoms with Gasteiger partial charge in [0.15, 0.2) is 0 Å². The van der Waals surface area contributed by atoms with E-state index in [1.807, 2.05) is 0 Å². The number of hydrogen-bond acceptors (Lipinski definition) is 2. The van der Waals surface area contributed by atoms with E-state index in [0.717, 1.165) is 6.42 Å². The monoisotopic (exact) mass is 244 g/mol. The lowest BCUT2D eigenvalue weighted by atomic mass is 9.85. The van der Waals surface area contributed by atoms with Gasteiger partial charge in [-0.05, 0) is 35.6 Å². The van der Waals surface area contributed by atoms with E-state index in [1.54, 1.807) is 6.07 Å². The van der Waals surface area contributed by atoms with Crippen molar-refractivity contribution in [1.82, 2.24) is 5.43 Å². The Labute approximate surface area is 101 Å². The van der Waals surface area contributed by atoms with Gasteiger partial charge in [0.05, 0.1) is 0 Å². The molecule has 0 saturated heterocycles. The fraction of sp³-hybridized carbons (Fsp3) is 0.500. The second-order valence-corrected chi connectivity index (χ2v) is 5.56. The lowest BCUT2D eigenvalue weighted by Gasteiger charge is -2.26. The molecular weight excluding hydrogens is 227 g/mol.